The number of hydrogen-bond donors (Lipinski definition) is 2. The van der Waals surface area contributed by atoms with E-state index in [0.717, 1.165) is 24.4 Å². The molecule has 6 nitrogen and oxygen atoms in total. The van der Waals surface area contributed by atoms with E-state index < -0.39 is 35.7 Å². The van der Waals surface area contributed by atoms with Gasteiger partial charge in [0.1, 0.15) is 17.6 Å². The molecule has 0 amide bonds. The standard InChI is InChI=1S/C14H13F4N3O3/c15-11-8(12(22)23)1-2-10(21-11)20-6-3-9(19)24-7-13(4-5-13)14(16,17)18/h1-3,6H,4-5,7,19H2,(H,22,23). The Kier molecular flexibility index (Phi) is 4.76. The topological polar surface area (TPSA) is 97.8 Å². The summed E-state index contributed by atoms with van der Waals surface area (Å²) in [6, 6.07) is 2.15. The van der Waals surface area contributed by atoms with Crippen molar-refractivity contribution in [3.8, 4) is 0 Å². The molecule has 0 saturated heterocycles. The Labute approximate surface area is 133 Å². The van der Waals surface area contributed by atoms with Crippen LogP contribution in [0.5, 0.6) is 0 Å². The van der Waals surface area contributed by atoms with E-state index in [0.29, 0.717) is 0 Å². The highest BCUT2D eigenvalue weighted by Crippen LogP contribution is 2.57. The van der Waals surface area contributed by atoms with Gasteiger partial charge in [-0.3, -0.25) is 0 Å². The summed E-state index contributed by atoms with van der Waals surface area (Å²) in [6.45, 7) is -0.577. The van der Waals surface area contributed by atoms with Crippen LogP contribution >= 0.6 is 0 Å². The van der Waals surface area contributed by atoms with Crippen molar-refractivity contribution in [1.82, 2.24) is 4.98 Å². The molecule has 24 heavy (non-hydrogen) atoms. The van der Waals surface area contributed by atoms with Crippen molar-refractivity contribution in [2.24, 2.45) is 16.1 Å². The second-order valence-corrected chi connectivity index (χ2v) is 5.23. The van der Waals surface area contributed by atoms with Gasteiger partial charge in [0.25, 0.3) is 0 Å². The quantitative estimate of drug-likeness (QED) is 0.357. The van der Waals surface area contributed by atoms with Crippen molar-refractivity contribution in [3.63, 3.8) is 0 Å². The molecule has 0 aromatic carbocycles. The molecule has 2 rings (SSSR count). The summed E-state index contributed by atoms with van der Waals surface area (Å²) in [5, 5.41) is 8.65. The SMILES string of the molecule is NC(=CC=Nc1ccc(C(=O)O)c(F)n1)OCC1(C(F)(F)F)CC1. The Hall–Kier alpha value is -2.65. The fraction of sp³-hybridized carbons (Fsp3) is 0.357. The van der Waals surface area contributed by atoms with Gasteiger partial charge >= 0.3 is 12.1 Å². The highest BCUT2D eigenvalue weighted by molar-refractivity contribution is 5.87. The van der Waals surface area contributed by atoms with Crippen LogP contribution in [0.1, 0.15) is 23.2 Å². The molecule has 1 aromatic rings. The van der Waals surface area contributed by atoms with Gasteiger partial charge in [-0.1, -0.05) is 0 Å². The van der Waals surface area contributed by atoms with E-state index >= 15 is 0 Å². The van der Waals surface area contributed by atoms with Gasteiger partial charge in [-0.15, -0.1) is 0 Å². The molecule has 1 fully saturated rings. The van der Waals surface area contributed by atoms with E-state index in [1.54, 1.807) is 0 Å². The normalized spacial score (nSPS) is 17.1. The number of nitrogens with two attached hydrogens (primary N) is 1. The van der Waals surface area contributed by atoms with Gasteiger partial charge in [0.15, 0.2) is 11.7 Å². The molecule has 0 aliphatic heterocycles. The number of rotatable bonds is 6. The maximum Gasteiger partial charge on any atom is 0.397 e. The van der Waals surface area contributed by atoms with Crippen molar-refractivity contribution >= 4 is 18.0 Å². The number of carboxylic acids is 1. The van der Waals surface area contributed by atoms with Crippen LogP contribution in [0, 0.1) is 11.4 Å². The average Bonchev–Trinajstić information content (AvgIpc) is 3.25. The summed E-state index contributed by atoms with van der Waals surface area (Å²) < 4.78 is 56.3. The molecule has 1 aliphatic rings. The van der Waals surface area contributed by atoms with Crippen molar-refractivity contribution in [3.05, 3.63) is 35.6 Å². The smallest absolute Gasteiger partial charge is 0.397 e. The van der Waals surface area contributed by atoms with E-state index in [9.17, 15) is 22.4 Å². The first kappa shape index (κ1) is 17.7. The van der Waals surface area contributed by atoms with Crippen LogP contribution in [0.15, 0.2) is 29.1 Å². The van der Waals surface area contributed by atoms with Gasteiger partial charge in [-0.2, -0.15) is 22.5 Å². The Morgan fingerprint density at radius 3 is 2.62 bits per heavy atom. The Bertz CT molecular complexity index is 697. The van der Waals surface area contributed by atoms with Crippen molar-refractivity contribution < 1.29 is 32.2 Å². The number of aliphatic imine (C=N–C) groups is 1. The summed E-state index contributed by atoms with van der Waals surface area (Å²) in [7, 11) is 0. The first-order chi connectivity index (χ1) is 11.1. The first-order valence-electron chi connectivity index (χ1n) is 6.74. The molecular weight excluding hydrogens is 334 g/mol. The number of alkyl halides is 3. The molecular formula is C14H13F4N3O3. The maximum atomic E-state index is 13.3. The van der Waals surface area contributed by atoms with Crippen LogP contribution in [-0.4, -0.2) is 35.1 Å². The van der Waals surface area contributed by atoms with Crippen LogP contribution in [-0.2, 0) is 4.74 Å². The number of aromatic nitrogens is 1. The van der Waals surface area contributed by atoms with E-state index in [1.807, 2.05) is 0 Å². The van der Waals surface area contributed by atoms with Crippen LogP contribution in [0.2, 0.25) is 0 Å². The molecule has 0 bridgehead atoms. The lowest BCUT2D eigenvalue weighted by Crippen LogP contribution is -2.29. The summed E-state index contributed by atoms with van der Waals surface area (Å²) in [5.74, 6) is -3.08. The van der Waals surface area contributed by atoms with E-state index in [4.69, 9.17) is 15.6 Å². The second-order valence-electron chi connectivity index (χ2n) is 5.23. The lowest BCUT2D eigenvalue weighted by atomic mass is 10.1. The van der Waals surface area contributed by atoms with Gasteiger partial charge in [-0.05, 0) is 25.0 Å². The fourth-order valence-electron chi connectivity index (χ4n) is 1.77. The van der Waals surface area contributed by atoms with Crippen LogP contribution in [0.25, 0.3) is 0 Å². The lowest BCUT2D eigenvalue weighted by molar-refractivity contribution is -0.198. The third-order valence-corrected chi connectivity index (χ3v) is 3.48. The average molecular weight is 347 g/mol. The minimum atomic E-state index is -4.34. The van der Waals surface area contributed by atoms with Gasteiger partial charge in [-0.25, -0.2) is 9.79 Å². The van der Waals surface area contributed by atoms with E-state index in [2.05, 4.69) is 9.98 Å². The molecule has 0 unspecified atom stereocenters. The number of halogens is 4. The second kappa shape index (κ2) is 6.46. The summed E-state index contributed by atoms with van der Waals surface area (Å²) in [6.07, 6.45) is -2.19. The van der Waals surface area contributed by atoms with Crippen LogP contribution < -0.4 is 5.73 Å². The predicted molar refractivity (Wildman–Crippen MR) is 75.3 cm³/mol. The molecule has 130 valence electrons. The molecule has 0 radical (unpaired) electrons. The minimum Gasteiger partial charge on any atom is -0.478 e. The Morgan fingerprint density at radius 2 is 2.12 bits per heavy atom. The number of pyridine rings is 1. The zero-order valence-electron chi connectivity index (χ0n) is 12.2. The number of allylic oxidation sites excluding steroid dienone is 1. The number of ether oxygens (including phenoxy) is 1. The summed E-state index contributed by atoms with van der Waals surface area (Å²) in [4.78, 5) is 17.6. The molecule has 10 heteroatoms. The molecule has 0 spiro atoms. The fourth-order valence-corrected chi connectivity index (χ4v) is 1.77. The number of aromatic carboxylic acids is 1. The number of nitrogens with zero attached hydrogens (tertiary/aromatic N) is 2. The minimum absolute atomic E-state index is 0.00298. The zero-order chi connectivity index (χ0) is 18.0. The van der Waals surface area contributed by atoms with Gasteiger partial charge < -0.3 is 15.6 Å². The zero-order valence-corrected chi connectivity index (χ0v) is 12.2. The van der Waals surface area contributed by atoms with Gasteiger partial charge in [0.05, 0.1) is 0 Å². The van der Waals surface area contributed by atoms with Crippen molar-refractivity contribution in [1.29, 1.82) is 0 Å². The van der Waals surface area contributed by atoms with Crippen molar-refractivity contribution in [2.45, 2.75) is 19.0 Å². The number of carboxylic acid groups (broad SMARTS) is 1. The number of carbonyl (C=O) groups is 1. The maximum absolute atomic E-state index is 13.3. The summed E-state index contributed by atoms with van der Waals surface area (Å²) in [5.41, 5.74) is 2.98. The predicted octanol–water partition coefficient (Wildman–Crippen LogP) is 2.78. The Balaban J connectivity index is 1.94. The third-order valence-electron chi connectivity index (χ3n) is 3.48. The number of hydrogen-bond acceptors (Lipinski definition) is 5. The summed E-state index contributed by atoms with van der Waals surface area (Å²) >= 11 is 0. The van der Waals surface area contributed by atoms with Crippen LogP contribution in [0.4, 0.5) is 23.4 Å². The molecule has 1 heterocycles. The molecule has 1 aliphatic carbocycles. The van der Waals surface area contributed by atoms with Gasteiger partial charge in [0.2, 0.25) is 5.95 Å². The lowest BCUT2D eigenvalue weighted by Gasteiger charge is -2.19. The van der Waals surface area contributed by atoms with Gasteiger partial charge in [0, 0.05) is 12.3 Å². The molecule has 3 N–H and O–H groups in total. The first-order valence-corrected chi connectivity index (χ1v) is 6.74. The van der Waals surface area contributed by atoms with E-state index in [1.165, 1.54) is 0 Å². The monoisotopic (exact) mass is 347 g/mol. The largest absolute Gasteiger partial charge is 0.478 e. The Morgan fingerprint density at radius 1 is 1.46 bits per heavy atom. The highest BCUT2D eigenvalue weighted by Gasteiger charge is 2.63. The highest BCUT2D eigenvalue weighted by atomic mass is 19.4. The molecule has 1 aromatic heterocycles. The van der Waals surface area contributed by atoms with Crippen LogP contribution in [0.3, 0.4) is 0 Å². The van der Waals surface area contributed by atoms with E-state index in [-0.39, 0.29) is 24.5 Å². The molecule has 0 atom stereocenters. The molecule has 1 saturated carbocycles. The van der Waals surface area contributed by atoms with Crippen molar-refractivity contribution in [2.75, 3.05) is 6.61 Å². The third kappa shape index (κ3) is 4.00.